The van der Waals surface area contributed by atoms with Gasteiger partial charge in [-0.15, -0.1) is 0 Å². The Balaban J connectivity index is 2.20. The quantitative estimate of drug-likeness (QED) is 0.588. The third-order valence-corrected chi connectivity index (χ3v) is 3.70. The summed E-state index contributed by atoms with van der Waals surface area (Å²) in [6.07, 6.45) is 2.41. The second kappa shape index (κ2) is 2.69. The molecule has 0 aromatic rings. The van der Waals surface area contributed by atoms with Crippen LogP contribution in [0, 0.1) is 0 Å². The lowest BCUT2D eigenvalue weighted by atomic mass is 9.80. The lowest BCUT2D eigenvalue weighted by molar-refractivity contribution is -0.0854. The molecule has 0 amide bonds. The van der Waals surface area contributed by atoms with Crippen LogP contribution in [0.4, 0.5) is 0 Å². The van der Waals surface area contributed by atoms with E-state index in [1.54, 1.807) is 0 Å². The third-order valence-electron chi connectivity index (χ3n) is 3.70. The Bertz CT molecular complexity index is 185. The molecule has 70 valence electrons. The van der Waals surface area contributed by atoms with Gasteiger partial charge >= 0.3 is 0 Å². The number of aliphatic hydroxyl groups excluding tert-OH is 1. The van der Waals surface area contributed by atoms with Crippen molar-refractivity contribution in [3.05, 3.63) is 0 Å². The predicted octanol–water partition coefficient (Wildman–Crippen LogP) is -0.243. The first-order chi connectivity index (χ1) is 5.68. The van der Waals surface area contributed by atoms with Crippen LogP contribution in [0.5, 0.6) is 0 Å². The Kier molecular flexibility index (Phi) is 1.90. The molecule has 0 aromatic heterocycles. The second-order valence-corrected chi connectivity index (χ2v) is 4.37. The van der Waals surface area contributed by atoms with Crippen molar-refractivity contribution in [3.63, 3.8) is 0 Å². The molecule has 0 radical (unpaired) electrons. The summed E-state index contributed by atoms with van der Waals surface area (Å²) in [7, 11) is 4.30. The molecule has 3 fully saturated rings. The van der Waals surface area contributed by atoms with Gasteiger partial charge < -0.3 is 10.0 Å². The monoisotopic (exact) mass is 170 g/mol. The summed E-state index contributed by atoms with van der Waals surface area (Å²) >= 11 is 0. The largest absolute Gasteiger partial charge is 0.394 e. The topological polar surface area (TPSA) is 26.7 Å². The number of nitrogens with zero attached hydrogens (tertiary/aromatic N) is 2. The van der Waals surface area contributed by atoms with E-state index >= 15 is 0 Å². The van der Waals surface area contributed by atoms with Crippen molar-refractivity contribution in [1.29, 1.82) is 0 Å². The van der Waals surface area contributed by atoms with Crippen LogP contribution >= 0.6 is 0 Å². The Hall–Kier alpha value is -0.120. The number of likely N-dealkylation sites (N-methyl/N-ethyl adjacent to an activating group) is 2. The molecule has 2 atom stereocenters. The molecule has 0 spiro atoms. The zero-order valence-electron chi connectivity index (χ0n) is 7.95. The molecule has 3 heterocycles. The number of piperazine rings is 1. The fourth-order valence-electron chi connectivity index (χ4n) is 2.63. The van der Waals surface area contributed by atoms with Crippen LogP contribution in [-0.2, 0) is 0 Å². The van der Waals surface area contributed by atoms with Crippen molar-refractivity contribution in [2.24, 2.45) is 0 Å². The zero-order valence-corrected chi connectivity index (χ0v) is 7.95. The number of fused-ring (bicyclic) bond motifs is 3. The molecule has 3 saturated heterocycles. The van der Waals surface area contributed by atoms with E-state index in [1.165, 1.54) is 6.42 Å². The van der Waals surface area contributed by atoms with E-state index in [0.29, 0.717) is 6.61 Å². The zero-order chi connectivity index (χ0) is 8.77. The van der Waals surface area contributed by atoms with Gasteiger partial charge in [-0.3, -0.25) is 4.90 Å². The SMILES string of the molecule is CN1CC2(CO)CCC1CN2C. The molecule has 3 nitrogen and oxygen atoms in total. The number of rotatable bonds is 1. The van der Waals surface area contributed by atoms with Gasteiger partial charge in [-0.2, -0.15) is 0 Å². The maximum atomic E-state index is 9.39. The van der Waals surface area contributed by atoms with Crippen molar-refractivity contribution >= 4 is 0 Å². The minimum atomic E-state index is 0.0729. The highest BCUT2D eigenvalue weighted by Gasteiger charge is 2.46. The highest BCUT2D eigenvalue weighted by Crippen LogP contribution is 2.34. The van der Waals surface area contributed by atoms with Crippen molar-refractivity contribution in [1.82, 2.24) is 9.80 Å². The molecule has 0 aromatic carbocycles. The Morgan fingerprint density at radius 1 is 1.50 bits per heavy atom. The normalized spacial score (nSPS) is 43.8. The third kappa shape index (κ3) is 1.00. The van der Waals surface area contributed by atoms with E-state index in [9.17, 15) is 5.11 Å². The first kappa shape index (κ1) is 8.48. The summed E-state index contributed by atoms with van der Waals surface area (Å²) < 4.78 is 0. The fraction of sp³-hybridized carbons (Fsp3) is 1.00. The second-order valence-electron chi connectivity index (χ2n) is 4.37. The Labute approximate surface area is 74.0 Å². The minimum absolute atomic E-state index is 0.0729. The van der Waals surface area contributed by atoms with Crippen molar-refractivity contribution in [2.75, 3.05) is 33.8 Å². The molecule has 0 saturated carbocycles. The smallest absolute Gasteiger partial charge is 0.0627 e. The van der Waals surface area contributed by atoms with Crippen molar-refractivity contribution < 1.29 is 5.11 Å². The fourth-order valence-corrected chi connectivity index (χ4v) is 2.63. The van der Waals surface area contributed by atoms with Crippen LogP contribution in [0.25, 0.3) is 0 Å². The lowest BCUT2D eigenvalue weighted by Gasteiger charge is -2.56. The average Bonchev–Trinajstić information content (AvgIpc) is 2.08. The maximum Gasteiger partial charge on any atom is 0.0627 e. The highest BCUT2D eigenvalue weighted by atomic mass is 16.3. The van der Waals surface area contributed by atoms with E-state index in [1.807, 2.05) is 0 Å². The Morgan fingerprint density at radius 3 is 2.67 bits per heavy atom. The number of piperidine rings is 2. The van der Waals surface area contributed by atoms with Crippen molar-refractivity contribution in [3.8, 4) is 0 Å². The van der Waals surface area contributed by atoms with E-state index in [0.717, 1.165) is 25.6 Å². The van der Waals surface area contributed by atoms with Crippen LogP contribution < -0.4 is 0 Å². The first-order valence-corrected chi connectivity index (χ1v) is 4.70. The molecule has 1 N–H and O–H groups in total. The molecule has 3 rings (SSSR count). The molecule has 2 bridgehead atoms. The molecule has 3 heteroatoms. The van der Waals surface area contributed by atoms with Crippen LogP contribution in [0.3, 0.4) is 0 Å². The summed E-state index contributed by atoms with van der Waals surface area (Å²) in [5, 5.41) is 9.39. The molecule has 3 aliphatic rings. The van der Waals surface area contributed by atoms with E-state index in [2.05, 4.69) is 23.9 Å². The van der Waals surface area contributed by atoms with Gasteiger partial charge in [0.2, 0.25) is 0 Å². The summed E-state index contributed by atoms with van der Waals surface area (Å²) in [6.45, 7) is 2.46. The van der Waals surface area contributed by atoms with Gasteiger partial charge in [-0.1, -0.05) is 0 Å². The van der Waals surface area contributed by atoms with Crippen LogP contribution in [0.1, 0.15) is 12.8 Å². The number of hydrogen-bond donors (Lipinski definition) is 1. The van der Waals surface area contributed by atoms with Gasteiger partial charge in [0.25, 0.3) is 0 Å². The number of aliphatic hydroxyl groups is 1. The summed E-state index contributed by atoms with van der Waals surface area (Å²) in [6, 6.07) is 0.725. The van der Waals surface area contributed by atoms with E-state index in [-0.39, 0.29) is 5.54 Å². The average molecular weight is 170 g/mol. The summed E-state index contributed by atoms with van der Waals surface area (Å²) in [4.78, 5) is 4.72. The van der Waals surface area contributed by atoms with Gasteiger partial charge in [0.05, 0.1) is 12.1 Å². The van der Waals surface area contributed by atoms with Gasteiger partial charge in [-0.05, 0) is 26.9 Å². The first-order valence-electron chi connectivity index (χ1n) is 4.70. The molecular weight excluding hydrogens is 152 g/mol. The predicted molar refractivity (Wildman–Crippen MR) is 48.1 cm³/mol. The van der Waals surface area contributed by atoms with Gasteiger partial charge in [0, 0.05) is 19.1 Å². The van der Waals surface area contributed by atoms with Gasteiger partial charge in [0.1, 0.15) is 0 Å². The summed E-state index contributed by atoms with van der Waals surface area (Å²) in [5.74, 6) is 0. The van der Waals surface area contributed by atoms with Crippen molar-refractivity contribution in [2.45, 2.75) is 24.4 Å². The highest BCUT2D eigenvalue weighted by molar-refractivity contribution is 5.03. The van der Waals surface area contributed by atoms with E-state index < -0.39 is 0 Å². The molecule has 2 unspecified atom stereocenters. The number of hydrogen-bond acceptors (Lipinski definition) is 3. The molecule has 12 heavy (non-hydrogen) atoms. The minimum Gasteiger partial charge on any atom is -0.394 e. The Morgan fingerprint density at radius 2 is 2.25 bits per heavy atom. The van der Waals surface area contributed by atoms with E-state index in [4.69, 9.17) is 0 Å². The summed E-state index contributed by atoms with van der Waals surface area (Å²) in [5.41, 5.74) is 0.0729. The standard InChI is InChI=1S/C9H18N2O/c1-10-6-9(7-12)4-3-8(10)5-11(9)2/h8,12H,3-7H2,1-2H3. The van der Waals surface area contributed by atoms with Gasteiger partial charge in [-0.25, -0.2) is 0 Å². The molecular formula is C9H18N2O. The molecule has 3 aliphatic heterocycles. The van der Waals surface area contributed by atoms with Crippen LogP contribution in [0.15, 0.2) is 0 Å². The van der Waals surface area contributed by atoms with Crippen LogP contribution in [0.2, 0.25) is 0 Å². The lowest BCUT2D eigenvalue weighted by Crippen LogP contribution is -2.69. The molecule has 0 aliphatic carbocycles. The maximum absolute atomic E-state index is 9.39. The van der Waals surface area contributed by atoms with Crippen LogP contribution in [-0.4, -0.2) is 60.3 Å². The van der Waals surface area contributed by atoms with Gasteiger partial charge in [0.15, 0.2) is 0 Å².